The van der Waals surface area contributed by atoms with E-state index in [0.29, 0.717) is 22.2 Å². The van der Waals surface area contributed by atoms with E-state index < -0.39 is 37.3 Å². The van der Waals surface area contributed by atoms with E-state index in [1.807, 2.05) is 49.4 Å². The van der Waals surface area contributed by atoms with Gasteiger partial charge < -0.3 is 34.4 Å². The molecule has 4 aromatic rings. The van der Waals surface area contributed by atoms with Crippen molar-refractivity contribution in [3.8, 4) is 39.5 Å². The monoisotopic (exact) mass is 523 g/mol. The van der Waals surface area contributed by atoms with Gasteiger partial charge in [0.25, 0.3) is 0 Å². The summed E-state index contributed by atoms with van der Waals surface area (Å²) >= 11 is 6.50. The molecule has 8 nitrogen and oxygen atoms in total. The van der Waals surface area contributed by atoms with Gasteiger partial charge in [0.15, 0.2) is 5.76 Å². The Labute approximate surface area is 218 Å². The van der Waals surface area contributed by atoms with Crippen LogP contribution in [0.3, 0.4) is 0 Å². The average molecular weight is 524 g/mol. The number of ether oxygens (including phenoxy) is 2. The average Bonchev–Trinajstić information content (AvgIpc) is 3.34. The zero-order chi connectivity index (χ0) is 26.1. The molecule has 0 radical (unpaired) electrons. The van der Waals surface area contributed by atoms with E-state index in [0.717, 1.165) is 27.8 Å². The third-order valence-electron chi connectivity index (χ3n) is 6.45. The normalized spacial score (nSPS) is 23.7. The quantitative estimate of drug-likeness (QED) is 0.300. The second-order valence-corrected chi connectivity index (χ2v) is 9.28. The number of nitrogens with zero attached hydrogens (tertiary/aromatic N) is 1. The van der Waals surface area contributed by atoms with Gasteiger partial charge in [-0.05, 0) is 48.4 Å². The summed E-state index contributed by atoms with van der Waals surface area (Å²) in [5.74, 6) is 0.889. The van der Waals surface area contributed by atoms with Crippen LogP contribution in [0.2, 0.25) is 5.02 Å². The summed E-state index contributed by atoms with van der Waals surface area (Å²) in [5.41, 5.74) is 4.90. The van der Waals surface area contributed by atoms with Gasteiger partial charge in [-0.15, -0.1) is 0 Å². The summed E-state index contributed by atoms with van der Waals surface area (Å²) < 4.78 is 17.0. The highest BCUT2D eigenvalue weighted by Crippen LogP contribution is 2.43. The minimum atomic E-state index is -1.52. The van der Waals surface area contributed by atoms with Crippen LogP contribution in [0.1, 0.15) is 5.56 Å². The molecule has 5 rings (SSSR count). The van der Waals surface area contributed by atoms with Crippen LogP contribution in [-0.2, 0) is 4.74 Å². The molecule has 1 aliphatic rings. The van der Waals surface area contributed by atoms with Crippen LogP contribution in [0.15, 0.2) is 77.3 Å². The van der Waals surface area contributed by atoms with E-state index >= 15 is 0 Å². The van der Waals surface area contributed by atoms with Crippen molar-refractivity contribution in [2.75, 3.05) is 6.61 Å². The molecule has 0 bridgehead atoms. The summed E-state index contributed by atoms with van der Waals surface area (Å²) in [7, 11) is 0. The van der Waals surface area contributed by atoms with Gasteiger partial charge in [0.2, 0.25) is 6.29 Å². The Morgan fingerprint density at radius 3 is 2.22 bits per heavy atom. The van der Waals surface area contributed by atoms with Crippen molar-refractivity contribution in [2.24, 2.45) is 0 Å². The molecule has 192 valence electrons. The number of aliphatic hydroxyl groups is 4. The molecule has 0 spiro atoms. The Morgan fingerprint density at radius 2 is 1.54 bits per heavy atom. The highest BCUT2D eigenvalue weighted by molar-refractivity contribution is 6.33. The van der Waals surface area contributed by atoms with Crippen LogP contribution in [0.5, 0.6) is 5.75 Å². The highest BCUT2D eigenvalue weighted by atomic mass is 35.5. The Morgan fingerprint density at radius 1 is 0.865 bits per heavy atom. The molecule has 3 aromatic carbocycles. The molecule has 1 aliphatic heterocycles. The fraction of sp³-hybridized carbons (Fsp3) is 0.250. The fourth-order valence-electron chi connectivity index (χ4n) is 4.41. The van der Waals surface area contributed by atoms with E-state index in [2.05, 4.69) is 5.16 Å². The first kappa shape index (κ1) is 25.4. The Balaban J connectivity index is 1.49. The minimum absolute atomic E-state index is 0.344. The second kappa shape index (κ2) is 10.6. The van der Waals surface area contributed by atoms with E-state index in [4.69, 9.17) is 25.6 Å². The summed E-state index contributed by atoms with van der Waals surface area (Å²) in [6, 6.07) is 22.3. The summed E-state index contributed by atoms with van der Waals surface area (Å²) in [5, 5.41) is 44.6. The first-order valence-corrected chi connectivity index (χ1v) is 12.1. The van der Waals surface area contributed by atoms with Crippen molar-refractivity contribution in [3.05, 3.63) is 83.4 Å². The standard InChI is InChI=1S/C28H26ClNO7/c1-15-6-2-3-7-18(15)22-23(19-8-4-5-9-20(19)29)30-37-27(22)16-10-12-17(13-11-16)35-28-26(34)25(33)24(32)21(14-31)36-28/h2-13,21,24-26,28,31-34H,14H2,1H3/t21-,24-,25+,26-,28-/m1/s1. The molecular weight excluding hydrogens is 498 g/mol. The summed E-state index contributed by atoms with van der Waals surface area (Å²) in [6.07, 6.45) is -6.82. The first-order chi connectivity index (χ1) is 17.9. The van der Waals surface area contributed by atoms with Crippen LogP contribution >= 0.6 is 11.6 Å². The van der Waals surface area contributed by atoms with Crippen molar-refractivity contribution in [1.29, 1.82) is 0 Å². The van der Waals surface area contributed by atoms with E-state index in [1.54, 1.807) is 30.3 Å². The zero-order valence-electron chi connectivity index (χ0n) is 19.9. The molecule has 1 saturated heterocycles. The SMILES string of the molecule is Cc1ccccc1-c1c(-c2ccccc2Cl)noc1-c1ccc(O[C@@H]2O[C@H](CO)[C@@H](O)[C@H](O)[C@H]2O)cc1. The van der Waals surface area contributed by atoms with Gasteiger partial charge in [-0.3, -0.25) is 0 Å². The van der Waals surface area contributed by atoms with Crippen LogP contribution in [-0.4, -0.2) is 62.9 Å². The number of aromatic nitrogens is 1. The lowest BCUT2D eigenvalue weighted by Crippen LogP contribution is -2.60. The fourth-order valence-corrected chi connectivity index (χ4v) is 4.64. The van der Waals surface area contributed by atoms with E-state index in [1.165, 1.54) is 0 Å². The maximum absolute atomic E-state index is 10.3. The molecule has 0 amide bonds. The molecule has 2 heterocycles. The van der Waals surface area contributed by atoms with Gasteiger partial charge >= 0.3 is 0 Å². The predicted octanol–water partition coefficient (Wildman–Crippen LogP) is 3.82. The minimum Gasteiger partial charge on any atom is -0.462 e. The van der Waals surface area contributed by atoms with Gasteiger partial charge in [0.05, 0.1) is 17.2 Å². The Kier molecular flexibility index (Phi) is 7.30. The molecule has 1 aromatic heterocycles. The van der Waals surface area contributed by atoms with Crippen molar-refractivity contribution >= 4 is 11.6 Å². The largest absolute Gasteiger partial charge is 0.462 e. The van der Waals surface area contributed by atoms with Gasteiger partial charge in [0.1, 0.15) is 35.9 Å². The number of halogens is 1. The van der Waals surface area contributed by atoms with Crippen LogP contribution in [0.25, 0.3) is 33.7 Å². The highest BCUT2D eigenvalue weighted by Gasteiger charge is 2.44. The number of aryl methyl sites for hydroxylation is 1. The molecule has 4 N–H and O–H groups in total. The van der Waals surface area contributed by atoms with Crippen molar-refractivity contribution in [2.45, 2.75) is 37.6 Å². The van der Waals surface area contributed by atoms with Crippen LogP contribution in [0, 0.1) is 6.92 Å². The lowest BCUT2D eigenvalue weighted by atomic mass is 9.93. The lowest BCUT2D eigenvalue weighted by Gasteiger charge is -2.39. The predicted molar refractivity (Wildman–Crippen MR) is 137 cm³/mol. The molecule has 0 aliphatic carbocycles. The molecule has 37 heavy (non-hydrogen) atoms. The van der Waals surface area contributed by atoms with Gasteiger partial charge in [0, 0.05) is 11.1 Å². The topological polar surface area (TPSA) is 125 Å². The first-order valence-electron chi connectivity index (χ1n) is 11.8. The Bertz CT molecular complexity index is 1370. The molecule has 9 heteroatoms. The van der Waals surface area contributed by atoms with E-state index in [9.17, 15) is 20.4 Å². The van der Waals surface area contributed by atoms with Gasteiger partial charge in [-0.2, -0.15) is 0 Å². The number of aliphatic hydroxyl groups excluding tert-OH is 4. The number of hydrogen-bond acceptors (Lipinski definition) is 8. The smallest absolute Gasteiger partial charge is 0.229 e. The van der Waals surface area contributed by atoms with Gasteiger partial charge in [-0.25, -0.2) is 0 Å². The van der Waals surface area contributed by atoms with Crippen molar-refractivity contribution in [1.82, 2.24) is 5.16 Å². The Hall–Kier alpha value is -3.24. The van der Waals surface area contributed by atoms with E-state index in [-0.39, 0.29) is 0 Å². The summed E-state index contributed by atoms with van der Waals surface area (Å²) in [4.78, 5) is 0. The van der Waals surface area contributed by atoms with Gasteiger partial charge in [-0.1, -0.05) is 59.2 Å². The lowest BCUT2D eigenvalue weighted by molar-refractivity contribution is -0.277. The zero-order valence-corrected chi connectivity index (χ0v) is 20.6. The molecule has 5 atom stereocenters. The molecule has 0 saturated carbocycles. The van der Waals surface area contributed by atoms with Crippen LogP contribution < -0.4 is 4.74 Å². The maximum atomic E-state index is 10.3. The molecule has 1 fully saturated rings. The van der Waals surface area contributed by atoms with Crippen molar-refractivity contribution < 1.29 is 34.4 Å². The third kappa shape index (κ3) is 4.87. The number of hydrogen-bond donors (Lipinski definition) is 4. The summed E-state index contributed by atoms with van der Waals surface area (Å²) in [6.45, 7) is 1.48. The van der Waals surface area contributed by atoms with Crippen molar-refractivity contribution in [3.63, 3.8) is 0 Å². The maximum Gasteiger partial charge on any atom is 0.229 e. The number of rotatable bonds is 6. The van der Waals surface area contributed by atoms with Crippen LogP contribution in [0.4, 0.5) is 0 Å². The molecule has 0 unspecified atom stereocenters. The third-order valence-corrected chi connectivity index (χ3v) is 6.78. The molecular formula is C28H26ClNO7. The second-order valence-electron chi connectivity index (χ2n) is 8.87. The number of benzene rings is 3.